The van der Waals surface area contributed by atoms with Gasteiger partial charge >= 0.3 is 0 Å². The Labute approximate surface area is 154 Å². The van der Waals surface area contributed by atoms with Gasteiger partial charge in [-0.05, 0) is 26.0 Å². The summed E-state index contributed by atoms with van der Waals surface area (Å²) in [5.74, 6) is 1.63. The van der Waals surface area contributed by atoms with Gasteiger partial charge in [-0.1, -0.05) is 69.8 Å². The number of hydrogen-bond donors (Lipinski definition) is 0. The van der Waals surface area contributed by atoms with E-state index in [9.17, 15) is 0 Å². The van der Waals surface area contributed by atoms with Gasteiger partial charge in [-0.3, -0.25) is 0 Å². The van der Waals surface area contributed by atoms with E-state index in [2.05, 4.69) is 63.7 Å². The molecule has 1 aromatic carbocycles. The van der Waals surface area contributed by atoms with Gasteiger partial charge < -0.3 is 9.47 Å². The molecule has 0 bridgehead atoms. The Balaban J connectivity index is 2.66. The third-order valence-electron chi connectivity index (χ3n) is 2.76. The molecule has 0 heterocycles. The third kappa shape index (κ3) is 6.24. The second-order valence-electron chi connectivity index (χ2n) is 4.46. The summed E-state index contributed by atoms with van der Waals surface area (Å²) in [5, 5.41) is 1.69. The molecule has 0 aromatic heterocycles. The van der Waals surface area contributed by atoms with Crippen LogP contribution in [0.25, 0.3) is 0 Å². The summed E-state index contributed by atoms with van der Waals surface area (Å²) < 4.78 is 11.8. The highest BCUT2D eigenvalue weighted by Gasteiger charge is 2.16. The van der Waals surface area contributed by atoms with E-state index in [4.69, 9.17) is 9.47 Å². The zero-order valence-corrected chi connectivity index (χ0v) is 17.7. The first-order valence-corrected chi connectivity index (χ1v) is 10.4. The van der Waals surface area contributed by atoms with Crippen LogP contribution >= 0.6 is 63.7 Å². The van der Waals surface area contributed by atoms with Gasteiger partial charge in [-0.25, -0.2) is 0 Å². The Morgan fingerprint density at radius 3 is 1.65 bits per heavy atom. The molecule has 4 unspecified atom stereocenters. The predicted octanol–water partition coefficient (Wildman–Crippen LogP) is 5.54. The summed E-state index contributed by atoms with van der Waals surface area (Å²) in [5.41, 5.74) is 0. The Morgan fingerprint density at radius 2 is 1.30 bits per heavy atom. The van der Waals surface area contributed by atoms with Crippen LogP contribution in [0.5, 0.6) is 11.5 Å². The van der Waals surface area contributed by atoms with Crippen LogP contribution in [0.4, 0.5) is 0 Å². The standard InChI is InChI=1S/C14H18Br4O2/c1-9(13(17)7-15)19-11-4-3-5-12(6-11)20-10(2)14(18)8-16/h3-6,9-10,13-14H,7-8H2,1-2H3. The molecular weight excluding hydrogens is 520 g/mol. The number of rotatable bonds is 8. The molecule has 0 aliphatic heterocycles. The van der Waals surface area contributed by atoms with E-state index in [1.165, 1.54) is 0 Å². The van der Waals surface area contributed by atoms with Crippen LogP contribution in [0.1, 0.15) is 13.8 Å². The lowest BCUT2D eigenvalue weighted by Gasteiger charge is -2.21. The van der Waals surface area contributed by atoms with Gasteiger partial charge in [0.05, 0.1) is 9.65 Å². The molecular formula is C14H18Br4O2. The number of halogens is 4. The fourth-order valence-corrected chi connectivity index (χ4v) is 2.72. The minimum absolute atomic E-state index is 0.0773. The molecule has 2 nitrogen and oxygen atoms in total. The zero-order chi connectivity index (χ0) is 15.1. The average molecular weight is 538 g/mol. The minimum Gasteiger partial charge on any atom is -0.489 e. The van der Waals surface area contributed by atoms with Crippen LogP contribution in [0.2, 0.25) is 0 Å². The summed E-state index contributed by atoms with van der Waals surface area (Å²) in [4.78, 5) is 0.539. The molecule has 20 heavy (non-hydrogen) atoms. The molecule has 0 spiro atoms. The quantitative estimate of drug-likeness (QED) is 0.406. The van der Waals surface area contributed by atoms with Crippen molar-refractivity contribution in [2.45, 2.75) is 35.7 Å². The van der Waals surface area contributed by atoms with E-state index in [-0.39, 0.29) is 21.9 Å². The SMILES string of the molecule is CC(Oc1cccc(OC(C)C(Br)CBr)c1)C(Br)CBr. The molecule has 0 aliphatic carbocycles. The lowest BCUT2D eigenvalue weighted by Crippen LogP contribution is -2.25. The van der Waals surface area contributed by atoms with Crippen LogP contribution in [0.3, 0.4) is 0 Å². The van der Waals surface area contributed by atoms with Gasteiger partial charge in [0, 0.05) is 16.7 Å². The van der Waals surface area contributed by atoms with Crippen LogP contribution in [-0.2, 0) is 0 Å². The van der Waals surface area contributed by atoms with Gasteiger partial charge in [0.1, 0.15) is 23.7 Å². The van der Waals surface area contributed by atoms with Gasteiger partial charge in [0.2, 0.25) is 0 Å². The molecule has 4 atom stereocenters. The second-order valence-corrected chi connectivity index (χ2v) is 8.11. The molecule has 0 amide bonds. The van der Waals surface area contributed by atoms with Crippen molar-refractivity contribution in [1.82, 2.24) is 0 Å². The van der Waals surface area contributed by atoms with E-state index in [0.717, 1.165) is 22.2 Å². The van der Waals surface area contributed by atoms with Crippen LogP contribution in [0, 0.1) is 0 Å². The summed E-state index contributed by atoms with van der Waals surface area (Å²) in [6.45, 7) is 4.08. The molecule has 0 saturated carbocycles. The average Bonchev–Trinajstić information content (AvgIpc) is 2.45. The van der Waals surface area contributed by atoms with Crippen LogP contribution in [0.15, 0.2) is 24.3 Å². The van der Waals surface area contributed by atoms with Crippen LogP contribution in [-0.4, -0.2) is 32.5 Å². The Bertz CT molecular complexity index is 369. The largest absolute Gasteiger partial charge is 0.489 e. The summed E-state index contributed by atoms with van der Waals surface area (Å²) in [6.07, 6.45) is 0.155. The lowest BCUT2D eigenvalue weighted by atomic mass is 10.2. The topological polar surface area (TPSA) is 18.5 Å². The van der Waals surface area contributed by atoms with Crippen molar-refractivity contribution in [2.75, 3.05) is 10.7 Å². The highest BCUT2D eigenvalue weighted by Crippen LogP contribution is 2.25. The maximum atomic E-state index is 5.90. The van der Waals surface area contributed by atoms with Crippen molar-refractivity contribution in [2.24, 2.45) is 0 Å². The summed E-state index contributed by atoms with van der Waals surface area (Å²) >= 11 is 14.0. The van der Waals surface area contributed by atoms with Gasteiger partial charge in [0.15, 0.2) is 0 Å². The first-order valence-electron chi connectivity index (χ1n) is 6.31. The maximum Gasteiger partial charge on any atom is 0.123 e. The molecule has 6 heteroatoms. The Kier molecular flexibility index (Phi) is 9.11. The lowest BCUT2D eigenvalue weighted by molar-refractivity contribution is 0.214. The number of ether oxygens (including phenoxy) is 2. The first kappa shape index (κ1) is 18.8. The van der Waals surface area contributed by atoms with Crippen molar-refractivity contribution >= 4 is 63.7 Å². The van der Waals surface area contributed by atoms with Gasteiger partial charge in [-0.2, -0.15) is 0 Å². The van der Waals surface area contributed by atoms with Gasteiger partial charge in [0.25, 0.3) is 0 Å². The Morgan fingerprint density at radius 1 is 0.900 bits per heavy atom. The first-order chi connectivity index (χ1) is 9.47. The van der Waals surface area contributed by atoms with Crippen molar-refractivity contribution in [3.63, 3.8) is 0 Å². The smallest absolute Gasteiger partial charge is 0.123 e. The third-order valence-corrected chi connectivity index (χ3v) is 8.03. The van der Waals surface area contributed by atoms with Crippen molar-refractivity contribution < 1.29 is 9.47 Å². The molecule has 1 aromatic rings. The molecule has 114 valence electrons. The number of alkyl halides is 4. The second kappa shape index (κ2) is 9.70. The molecule has 0 aliphatic rings. The molecule has 0 radical (unpaired) electrons. The van der Waals surface area contributed by atoms with Crippen LogP contribution < -0.4 is 9.47 Å². The van der Waals surface area contributed by atoms with Gasteiger partial charge in [-0.15, -0.1) is 0 Å². The van der Waals surface area contributed by atoms with E-state index >= 15 is 0 Å². The van der Waals surface area contributed by atoms with E-state index < -0.39 is 0 Å². The van der Waals surface area contributed by atoms with Crippen molar-refractivity contribution in [1.29, 1.82) is 0 Å². The monoisotopic (exact) mass is 534 g/mol. The van der Waals surface area contributed by atoms with E-state index in [1.807, 2.05) is 38.1 Å². The van der Waals surface area contributed by atoms with Crippen molar-refractivity contribution in [3.8, 4) is 11.5 Å². The molecule has 0 fully saturated rings. The Hall–Kier alpha value is 0.740. The summed E-state index contributed by atoms with van der Waals surface area (Å²) in [7, 11) is 0. The predicted molar refractivity (Wildman–Crippen MR) is 99.6 cm³/mol. The minimum atomic E-state index is 0.0773. The normalized spacial score (nSPS) is 17.1. The molecule has 0 saturated heterocycles. The fourth-order valence-electron chi connectivity index (χ4n) is 1.45. The van der Waals surface area contributed by atoms with Crippen molar-refractivity contribution in [3.05, 3.63) is 24.3 Å². The summed E-state index contributed by atoms with van der Waals surface area (Å²) in [6, 6.07) is 7.75. The number of benzene rings is 1. The highest BCUT2D eigenvalue weighted by atomic mass is 79.9. The van der Waals surface area contributed by atoms with E-state index in [0.29, 0.717) is 0 Å². The zero-order valence-electron chi connectivity index (χ0n) is 11.4. The maximum absolute atomic E-state index is 5.90. The number of hydrogen-bond acceptors (Lipinski definition) is 2. The van der Waals surface area contributed by atoms with E-state index in [1.54, 1.807) is 0 Å². The fraction of sp³-hybridized carbons (Fsp3) is 0.571. The molecule has 0 N–H and O–H groups in total. The molecule has 1 rings (SSSR count). The highest BCUT2D eigenvalue weighted by molar-refractivity contribution is 9.12.